The third kappa shape index (κ3) is 2.14. The molecule has 0 N–H and O–H groups in total. The molecule has 0 radical (unpaired) electrons. The summed E-state index contributed by atoms with van der Waals surface area (Å²) in [6, 6.07) is 5.60. The lowest BCUT2D eigenvalue weighted by Gasteiger charge is -2.04. The minimum atomic E-state index is 0.694. The molecule has 0 aliphatic rings. The summed E-state index contributed by atoms with van der Waals surface area (Å²) in [7, 11) is 1.85. The SMILES string of the molecule is Cc1cc(C=O)ccc1Sc1ncnn1C. The van der Waals surface area contributed by atoms with Gasteiger partial charge in [-0.2, -0.15) is 5.10 Å². The van der Waals surface area contributed by atoms with Gasteiger partial charge in [-0.05, 0) is 36.4 Å². The molecule has 0 spiro atoms. The molecule has 16 heavy (non-hydrogen) atoms. The third-order valence-corrected chi connectivity index (χ3v) is 3.44. The van der Waals surface area contributed by atoms with E-state index in [9.17, 15) is 4.79 Å². The molecule has 0 bridgehead atoms. The van der Waals surface area contributed by atoms with Crippen LogP contribution in [0.1, 0.15) is 15.9 Å². The minimum Gasteiger partial charge on any atom is -0.298 e. The van der Waals surface area contributed by atoms with Gasteiger partial charge in [0.25, 0.3) is 0 Å². The van der Waals surface area contributed by atoms with Crippen molar-refractivity contribution in [1.82, 2.24) is 14.8 Å². The average Bonchev–Trinajstić information content (AvgIpc) is 2.67. The summed E-state index contributed by atoms with van der Waals surface area (Å²) in [5.74, 6) is 0. The molecule has 0 amide bonds. The molecule has 0 fully saturated rings. The number of rotatable bonds is 3. The number of aldehydes is 1. The zero-order chi connectivity index (χ0) is 11.5. The van der Waals surface area contributed by atoms with Crippen molar-refractivity contribution < 1.29 is 4.79 Å². The molecular formula is C11H11N3OS. The Balaban J connectivity index is 2.29. The Kier molecular flexibility index (Phi) is 3.05. The van der Waals surface area contributed by atoms with E-state index in [-0.39, 0.29) is 0 Å². The highest BCUT2D eigenvalue weighted by molar-refractivity contribution is 7.99. The van der Waals surface area contributed by atoms with Crippen LogP contribution in [0.5, 0.6) is 0 Å². The summed E-state index contributed by atoms with van der Waals surface area (Å²) in [6.45, 7) is 1.98. The summed E-state index contributed by atoms with van der Waals surface area (Å²) < 4.78 is 1.72. The summed E-state index contributed by atoms with van der Waals surface area (Å²) in [4.78, 5) is 15.8. The summed E-state index contributed by atoms with van der Waals surface area (Å²) >= 11 is 1.54. The van der Waals surface area contributed by atoms with Crippen molar-refractivity contribution in [3.8, 4) is 0 Å². The molecule has 2 aromatic rings. The molecule has 1 aromatic carbocycles. The van der Waals surface area contributed by atoms with E-state index in [0.717, 1.165) is 21.9 Å². The maximum absolute atomic E-state index is 10.6. The smallest absolute Gasteiger partial charge is 0.190 e. The highest BCUT2D eigenvalue weighted by Gasteiger charge is 2.06. The molecule has 0 aliphatic heterocycles. The lowest BCUT2D eigenvalue weighted by Crippen LogP contribution is -1.93. The van der Waals surface area contributed by atoms with E-state index in [4.69, 9.17) is 0 Å². The molecule has 0 aliphatic carbocycles. The monoisotopic (exact) mass is 233 g/mol. The Morgan fingerprint density at radius 1 is 1.44 bits per heavy atom. The van der Waals surface area contributed by atoms with Crippen molar-refractivity contribution in [3.05, 3.63) is 35.7 Å². The first-order chi connectivity index (χ1) is 7.70. The van der Waals surface area contributed by atoms with Gasteiger partial charge in [-0.15, -0.1) is 0 Å². The predicted octanol–water partition coefficient (Wildman–Crippen LogP) is 2.09. The van der Waals surface area contributed by atoms with Gasteiger partial charge >= 0.3 is 0 Å². The maximum atomic E-state index is 10.6. The molecule has 0 unspecified atom stereocenters. The van der Waals surface area contributed by atoms with Gasteiger partial charge in [0.05, 0.1) is 0 Å². The van der Waals surface area contributed by atoms with Crippen LogP contribution in [0.4, 0.5) is 0 Å². The average molecular weight is 233 g/mol. The fourth-order valence-corrected chi connectivity index (χ4v) is 2.17. The van der Waals surface area contributed by atoms with Crippen molar-refractivity contribution in [3.63, 3.8) is 0 Å². The second kappa shape index (κ2) is 4.49. The van der Waals surface area contributed by atoms with Crippen LogP contribution in [-0.4, -0.2) is 21.1 Å². The normalized spacial score (nSPS) is 10.4. The molecule has 82 valence electrons. The second-order valence-electron chi connectivity index (χ2n) is 3.41. The quantitative estimate of drug-likeness (QED) is 0.762. The van der Waals surface area contributed by atoms with Crippen LogP contribution >= 0.6 is 11.8 Å². The molecule has 2 rings (SSSR count). The number of nitrogens with zero attached hydrogens (tertiary/aromatic N) is 3. The van der Waals surface area contributed by atoms with E-state index in [1.165, 1.54) is 6.33 Å². The van der Waals surface area contributed by atoms with E-state index in [2.05, 4.69) is 10.1 Å². The molecular weight excluding hydrogens is 222 g/mol. The van der Waals surface area contributed by atoms with Crippen LogP contribution in [0.3, 0.4) is 0 Å². The van der Waals surface area contributed by atoms with Gasteiger partial charge in [0, 0.05) is 17.5 Å². The Labute approximate surface area is 97.7 Å². The molecule has 0 saturated heterocycles. The van der Waals surface area contributed by atoms with Gasteiger partial charge in [-0.1, -0.05) is 6.07 Å². The Morgan fingerprint density at radius 3 is 2.81 bits per heavy atom. The van der Waals surface area contributed by atoms with E-state index < -0.39 is 0 Å². The van der Waals surface area contributed by atoms with Crippen molar-refractivity contribution >= 4 is 18.0 Å². The first-order valence-corrected chi connectivity index (χ1v) is 5.60. The van der Waals surface area contributed by atoms with Crippen molar-refractivity contribution in [2.24, 2.45) is 7.05 Å². The Hall–Kier alpha value is -1.62. The molecule has 1 heterocycles. The van der Waals surface area contributed by atoms with E-state index in [1.807, 2.05) is 26.1 Å². The number of carbonyl (C=O) groups is 1. The highest BCUT2D eigenvalue weighted by atomic mass is 32.2. The van der Waals surface area contributed by atoms with Crippen LogP contribution in [0.15, 0.2) is 34.6 Å². The Morgan fingerprint density at radius 2 is 2.25 bits per heavy atom. The minimum absolute atomic E-state index is 0.694. The van der Waals surface area contributed by atoms with Crippen LogP contribution in [0.25, 0.3) is 0 Å². The van der Waals surface area contributed by atoms with Crippen LogP contribution in [0, 0.1) is 6.92 Å². The lowest BCUT2D eigenvalue weighted by molar-refractivity contribution is 0.112. The lowest BCUT2D eigenvalue weighted by atomic mass is 10.2. The van der Waals surface area contributed by atoms with Crippen molar-refractivity contribution in [2.75, 3.05) is 0 Å². The summed E-state index contributed by atoms with van der Waals surface area (Å²) in [5.41, 5.74) is 1.76. The number of hydrogen-bond donors (Lipinski definition) is 0. The zero-order valence-corrected chi connectivity index (χ0v) is 9.86. The van der Waals surface area contributed by atoms with Gasteiger partial charge < -0.3 is 0 Å². The van der Waals surface area contributed by atoms with Crippen LogP contribution in [0.2, 0.25) is 0 Å². The van der Waals surface area contributed by atoms with Gasteiger partial charge in [-0.3, -0.25) is 4.79 Å². The highest BCUT2D eigenvalue weighted by Crippen LogP contribution is 2.28. The fraction of sp³-hybridized carbons (Fsp3) is 0.182. The number of hydrogen-bond acceptors (Lipinski definition) is 4. The third-order valence-electron chi connectivity index (χ3n) is 2.21. The number of benzene rings is 1. The van der Waals surface area contributed by atoms with E-state index in [1.54, 1.807) is 22.5 Å². The fourth-order valence-electron chi connectivity index (χ4n) is 1.34. The Bertz CT molecular complexity index is 522. The van der Waals surface area contributed by atoms with Gasteiger partial charge in [0.15, 0.2) is 5.16 Å². The first kappa shape index (κ1) is 10.9. The summed E-state index contributed by atoms with van der Waals surface area (Å²) in [5, 5.41) is 4.84. The molecule has 0 atom stereocenters. The summed E-state index contributed by atoms with van der Waals surface area (Å²) in [6.07, 6.45) is 2.38. The standard InChI is InChI=1S/C11H11N3OS/c1-8-5-9(6-15)3-4-10(8)16-11-12-7-13-14(11)2/h3-7H,1-2H3. The topological polar surface area (TPSA) is 47.8 Å². The maximum Gasteiger partial charge on any atom is 0.190 e. The van der Waals surface area contributed by atoms with Gasteiger partial charge in [0.1, 0.15) is 12.6 Å². The number of aromatic nitrogens is 3. The van der Waals surface area contributed by atoms with Gasteiger partial charge in [0.2, 0.25) is 0 Å². The molecule has 5 heteroatoms. The molecule has 4 nitrogen and oxygen atoms in total. The molecule has 0 saturated carbocycles. The van der Waals surface area contributed by atoms with Crippen molar-refractivity contribution in [1.29, 1.82) is 0 Å². The van der Waals surface area contributed by atoms with E-state index >= 15 is 0 Å². The van der Waals surface area contributed by atoms with E-state index in [0.29, 0.717) is 5.56 Å². The van der Waals surface area contributed by atoms with Crippen molar-refractivity contribution in [2.45, 2.75) is 17.0 Å². The second-order valence-corrected chi connectivity index (χ2v) is 4.42. The van der Waals surface area contributed by atoms with Crippen LogP contribution < -0.4 is 0 Å². The van der Waals surface area contributed by atoms with Crippen LogP contribution in [-0.2, 0) is 7.05 Å². The van der Waals surface area contributed by atoms with Gasteiger partial charge in [-0.25, -0.2) is 9.67 Å². The zero-order valence-electron chi connectivity index (χ0n) is 9.04. The first-order valence-electron chi connectivity index (χ1n) is 4.78. The largest absolute Gasteiger partial charge is 0.298 e. The molecule has 1 aromatic heterocycles. The number of aryl methyl sites for hydroxylation is 2. The predicted molar refractivity (Wildman–Crippen MR) is 61.7 cm³/mol. The number of carbonyl (C=O) groups excluding carboxylic acids is 1.